The van der Waals surface area contributed by atoms with Gasteiger partial charge in [0.15, 0.2) is 5.78 Å². The number of hydrogen-bond donors (Lipinski definition) is 1. The Labute approximate surface area is 130 Å². The van der Waals surface area contributed by atoms with Crippen LogP contribution in [0.4, 0.5) is 0 Å². The first-order valence-electron chi connectivity index (χ1n) is 8.09. The van der Waals surface area contributed by atoms with Gasteiger partial charge in [0.05, 0.1) is 6.20 Å². The van der Waals surface area contributed by atoms with Crippen LogP contribution < -0.4 is 5.73 Å². The summed E-state index contributed by atoms with van der Waals surface area (Å²) in [5.41, 5.74) is 8.88. The molecule has 1 heterocycles. The molecule has 2 saturated carbocycles. The second-order valence-corrected chi connectivity index (χ2v) is 6.75. The van der Waals surface area contributed by atoms with E-state index < -0.39 is 0 Å². The third-order valence-electron chi connectivity index (χ3n) is 4.67. The highest BCUT2D eigenvalue weighted by Crippen LogP contribution is 2.39. The minimum Gasteiger partial charge on any atom is -0.327 e. The maximum atomic E-state index is 12.5. The van der Waals surface area contributed by atoms with Crippen molar-refractivity contribution >= 4 is 5.78 Å². The first kappa shape index (κ1) is 13.7. The van der Waals surface area contributed by atoms with E-state index >= 15 is 0 Å². The van der Waals surface area contributed by atoms with Crippen molar-refractivity contribution in [2.24, 2.45) is 11.7 Å². The molecule has 0 radical (unpaired) electrons. The second kappa shape index (κ2) is 5.36. The molecule has 2 atom stereocenters. The predicted octanol–water partition coefficient (Wildman–Crippen LogP) is 2.53. The molecule has 4 nitrogen and oxygen atoms in total. The van der Waals surface area contributed by atoms with Gasteiger partial charge in [0.25, 0.3) is 0 Å². The summed E-state index contributed by atoms with van der Waals surface area (Å²) in [6.07, 6.45) is 7.91. The third kappa shape index (κ3) is 2.97. The Hall–Kier alpha value is -1.94. The Morgan fingerprint density at radius 2 is 2.18 bits per heavy atom. The summed E-state index contributed by atoms with van der Waals surface area (Å²) in [5.74, 6) is 1.39. The molecule has 2 N–H and O–H groups in total. The number of carbonyl (C=O) groups is 1. The van der Waals surface area contributed by atoms with Crippen LogP contribution in [0.1, 0.15) is 46.7 Å². The summed E-state index contributed by atoms with van der Waals surface area (Å²) in [4.78, 5) is 12.5. The maximum absolute atomic E-state index is 12.5. The van der Waals surface area contributed by atoms with Gasteiger partial charge in [-0.15, -0.1) is 0 Å². The fourth-order valence-electron chi connectivity index (χ4n) is 2.99. The summed E-state index contributed by atoms with van der Waals surface area (Å²) in [5, 5.41) is 4.36. The van der Waals surface area contributed by atoms with Gasteiger partial charge in [-0.25, -0.2) is 0 Å². The van der Waals surface area contributed by atoms with E-state index in [4.69, 9.17) is 5.73 Å². The monoisotopic (exact) mass is 295 g/mol. The number of hydrogen-bond acceptors (Lipinski definition) is 3. The molecule has 22 heavy (non-hydrogen) atoms. The SMILES string of the molecule is NC1CC1c1cccc(C(=O)Cc2cnn(CC3CC3)c2)c1. The standard InChI is InChI=1S/C18H21N3O/c19-17-8-16(17)14-2-1-3-15(7-14)18(22)6-13-9-20-21(11-13)10-12-4-5-12/h1-3,7,9,11-12,16-17H,4-6,8,10,19H2. The fraction of sp³-hybridized carbons (Fsp3) is 0.444. The smallest absolute Gasteiger partial charge is 0.167 e. The van der Waals surface area contributed by atoms with Gasteiger partial charge in [-0.2, -0.15) is 5.10 Å². The molecule has 0 bridgehead atoms. The van der Waals surface area contributed by atoms with Crippen molar-refractivity contribution in [2.45, 2.75) is 44.2 Å². The van der Waals surface area contributed by atoms with Crippen LogP contribution in [-0.4, -0.2) is 21.6 Å². The zero-order valence-corrected chi connectivity index (χ0v) is 12.6. The Bertz CT molecular complexity index is 702. The van der Waals surface area contributed by atoms with Crippen LogP contribution in [0.3, 0.4) is 0 Å². The van der Waals surface area contributed by atoms with E-state index in [9.17, 15) is 4.79 Å². The quantitative estimate of drug-likeness (QED) is 0.833. The number of ketones is 1. The largest absolute Gasteiger partial charge is 0.327 e. The van der Waals surface area contributed by atoms with E-state index in [0.717, 1.165) is 30.0 Å². The molecule has 1 aromatic heterocycles. The molecule has 4 rings (SSSR count). The fourth-order valence-corrected chi connectivity index (χ4v) is 2.99. The molecule has 2 fully saturated rings. The average molecular weight is 295 g/mol. The van der Waals surface area contributed by atoms with E-state index in [1.807, 2.05) is 35.3 Å². The summed E-state index contributed by atoms with van der Waals surface area (Å²) in [7, 11) is 0. The Kier molecular flexibility index (Phi) is 3.34. The van der Waals surface area contributed by atoms with Gasteiger partial charge in [-0.3, -0.25) is 9.48 Å². The van der Waals surface area contributed by atoms with Gasteiger partial charge in [0.1, 0.15) is 0 Å². The average Bonchev–Trinajstić information content (AvgIpc) is 3.41. The number of benzene rings is 1. The van der Waals surface area contributed by atoms with Gasteiger partial charge in [-0.05, 0) is 42.4 Å². The highest BCUT2D eigenvalue weighted by Gasteiger charge is 2.34. The van der Waals surface area contributed by atoms with Crippen LogP contribution in [-0.2, 0) is 13.0 Å². The van der Waals surface area contributed by atoms with Crippen LogP contribution in [0.25, 0.3) is 0 Å². The van der Waals surface area contributed by atoms with Gasteiger partial charge in [0.2, 0.25) is 0 Å². The summed E-state index contributed by atoms with van der Waals surface area (Å²) in [6, 6.07) is 8.21. The molecule has 2 aromatic rings. The molecule has 4 heteroatoms. The van der Waals surface area contributed by atoms with Crippen LogP contribution in [0.5, 0.6) is 0 Å². The molecular weight excluding hydrogens is 274 g/mol. The normalized spacial score (nSPS) is 23.5. The van der Waals surface area contributed by atoms with Crippen molar-refractivity contribution in [3.8, 4) is 0 Å². The van der Waals surface area contributed by atoms with Gasteiger partial charge >= 0.3 is 0 Å². The number of Topliss-reactive ketones (excluding diaryl/α,β-unsaturated/α-hetero) is 1. The molecule has 0 amide bonds. The van der Waals surface area contributed by atoms with E-state index in [0.29, 0.717) is 12.3 Å². The lowest BCUT2D eigenvalue weighted by Crippen LogP contribution is -2.05. The minimum absolute atomic E-state index is 0.155. The highest BCUT2D eigenvalue weighted by molar-refractivity contribution is 5.97. The first-order valence-corrected chi connectivity index (χ1v) is 8.09. The second-order valence-electron chi connectivity index (χ2n) is 6.75. The Morgan fingerprint density at radius 1 is 1.36 bits per heavy atom. The molecule has 0 saturated heterocycles. The van der Waals surface area contributed by atoms with Crippen molar-refractivity contribution in [2.75, 3.05) is 0 Å². The van der Waals surface area contributed by atoms with Crippen molar-refractivity contribution in [3.63, 3.8) is 0 Å². The van der Waals surface area contributed by atoms with Crippen LogP contribution in [0.2, 0.25) is 0 Å². The van der Waals surface area contributed by atoms with Gasteiger partial charge < -0.3 is 5.73 Å². The minimum atomic E-state index is 0.155. The summed E-state index contributed by atoms with van der Waals surface area (Å²) < 4.78 is 1.97. The number of carbonyl (C=O) groups excluding carboxylic acids is 1. The molecule has 0 spiro atoms. The predicted molar refractivity (Wildman–Crippen MR) is 84.8 cm³/mol. The maximum Gasteiger partial charge on any atom is 0.167 e. The Morgan fingerprint density at radius 3 is 2.91 bits per heavy atom. The van der Waals surface area contributed by atoms with Crippen molar-refractivity contribution in [3.05, 3.63) is 53.3 Å². The van der Waals surface area contributed by atoms with Crippen molar-refractivity contribution in [1.82, 2.24) is 9.78 Å². The van der Waals surface area contributed by atoms with Crippen molar-refractivity contribution in [1.29, 1.82) is 0 Å². The zero-order chi connectivity index (χ0) is 15.1. The van der Waals surface area contributed by atoms with E-state index in [1.165, 1.54) is 18.4 Å². The molecule has 2 unspecified atom stereocenters. The van der Waals surface area contributed by atoms with E-state index in [1.54, 1.807) is 0 Å². The summed E-state index contributed by atoms with van der Waals surface area (Å²) in [6.45, 7) is 0.989. The number of nitrogens with zero attached hydrogens (tertiary/aromatic N) is 2. The van der Waals surface area contributed by atoms with Crippen molar-refractivity contribution < 1.29 is 4.79 Å². The lowest BCUT2D eigenvalue weighted by atomic mass is 10.0. The van der Waals surface area contributed by atoms with E-state index in [-0.39, 0.29) is 11.8 Å². The van der Waals surface area contributed by atoms with E-state index in [2.05, 4.69) is 11.2 Å². The highest BCUT2D eigenvalue weighted by atomic mass is 16.1. The van der Waals surface area contributed by atoms with Gasteiger partial charge in [-0.1, -0.05) is 18.2 Å². The lowest BCUT2D eigenvalue weighted by molar-refractivity contribution is 0.0993. The third-order valence-corrected chi connectivity index (χ3v) is 4.67. The molecular formula is C18H21N3O. The molecule has 2 aliphatic carbocycles. The molecule has 2 aliphatic rings. The zero-order valence-electron chi connectivity index (χ0n) is 12.6. The molecule has 114 valence electrons. The lowest BCUT2D eigenvalue weighted by Gasteiger charge is -2.03. The first-order chi connectivity index (χ1) is 10.7. The Balaban J connectivity index is 1.43. The van der Waals surface area contributed by atoms with Crippen LogP contribution in [0, 0.1) is 5.92 Å². The number of rotatable bonds is 6. The number of aromatic nitrogens is 2. The number of nitrogens with two attached hydrogens (primary N) is 1. The summed E-state index contributed by atoms with van der Waals surface area (Å²) >= 11 is 0. The molecule has 0 aliphatic heterocycles. The molecule has 1 aromatic carbocycles. The van der Waals surface area contributed by atoms with Crippen LogP contribution >= 0.6 is 0 Å². The van der Waals surface area contributed by atoms with Gasteiger partial charge in [0, 0.05) is 36.7 Å². The topological polar surface area (TPSA) is 60.9 Å². The van der Waals surface area contributed by atoms with Crippen LogP contribution in [0.15, 0.2) is 36.7 Å².